The highest BCUT2D eigenvalue weighted by Crippen LogP contribution is 2.52. The van der Waals surface area contributed by atoms with E-state index in [0.717, 1.165) is 30.3 Å². The highest BCUT2D eigenvalue weighted by molar-refractivity contribution is 5.62. The van der Waals surface area contributed by atoms with Crippen molar-refractivity contribution in [1.82, 2.24) is 4.90 Å². The number of rotatable bonds is 5. The number of hydrogen-bond acceptors (Lipinski definition) is 5. The van der Waals surface area contributed by atoms with Gasteiger partial charge in [0.2, 0.25) is 0 Å². The molecule has 3 aliphatic heterocycles. The van der Waals surface area contributed by atoms with Crippen molar-refractivity contribution in [2.75, 3.05) is 39.3 Å². The molecule has 0 amide bonds. The van der Waals surface area contributed by atoms with E-state index in [0.29, 0.717) is 18.0 Å². The SMILES string of the molecule is COc1ccc2c(c1)[C@H]1[C@H](CCN1Cc1ccc(OC)c(OC)c1)[C@H]1CCCN21. The van der Waals surface area contributed by atoms with Crippen molar-refractivity contribution in [3.8, 4) is 17.2 Å². The highest BCUT2D eigenvalue weighted by atomic mass is 16.5. The minimum atomic E-state index is 0.451. The first-order valence-electron chi connectivity index (χ1n) is 10.6. The van der Waals surface area contributed by atoms with Gasteiger partial charge in [0.1, 0.15) is 5.75 Å². The van der Waals surface area contributed by atoms with Gasteiger partial charge in [-0.2, -0.15) is 0 Å². The summed E-state index contributed by atoms with van der Waals surface area (Å²) in [4.78, 5) is 5.32. The van der Waals surface area contributed by atoms with Crippen LogP contribution in [0.5, 0.6) is 17.2 Å². The van der Waals surface area contributed by atoms with Crippen LogP contribution in [0.15, 0.2) is 36.4 Å². The van der Waals surface area contributed by atoms with Crippen LogP contribution in [0.1, 0.15) is 36.4 Å². The zero-order chi connectivity index (χ0) is 20.0. The Bertz CT molecular complexity index is 900. The van der Waals surface area contributed by atoms with E-state index < -0.39 is 0 Å². The molecule has 2 aromatic carbocycles. The van der Waals surface area contributed by atoms with Crippen LogP contribution in [0.2, 0.25) is 0 Å². The summed E-state index contributed by atoms with van der Waals surface area (Å²) in [7, 11) is 5.14. The van der Waals surface area contributed by atoms with Crippen LogP contribution in [-0.2, 0) is 6.54 Å². The Morgan fingerprint density at radius 1 is 0.897 bits per heavy atom. The molecular weight excluding hydrogens is 364 g/mol. The van der Waals surface area contributed by atoms with E-state index in [1.54, 1.807) is 21.3 Å². The average molecular weight is 395 g/mol. The molecule has 2 saturated heterocycles. The molecule has 5 heteroatoms. The molecule has 0 N–H and O–H groups in total. The highest BCUT2D eigenvalue weighted by Gasteiger charge is 2.48. The molecule has 0 unspecified atom stereocenters. The Morgan fingerprint density at radius 2 is 1.76 bits per heavy atom. The molecule has 0 spiro atoms. The third-order valence-corrected chi connectivity index (χ3v) is 7.04. The lowest BCUT2D eigenvalue weighted by Crippen LogP contribution is -2.43. The summed E-state index contributed by atoms with van der Waals surface area (Å²) in [5, 5.41) is 0. The molecular formula is C24H30N2O3. The summed E-state index contributed by atoms with van der Waals surface area (Å²) < 4.78 is 16.5. The maximum atomic E-state index is 5.58. The van der Waals surface area contributed by atoms with E-state index in [2.05, 4.69) is 40.1 Å². The van der Waals surface area contributed by atoms with E-state index in [-0.39, 0.29) is 0 Å². The van der Waals surface area contributed by atoms with Gasteiger partial charge in [-0.15, -0.1) is 0 Å². The first-order valence-corrected chi connectivity index (χ1v) is 10.6. The van der Waals surface area contributed by atoms with E-state index in [9.17, 15) is 0 Å². The zero-order valence-electron chi connectivity index (χ0n) is 17.6. The summed E-state index contributed by atoms with van der Waals surface area (Å²) in [6, 6.07) is 14.1. The van der Waals surface area contributed by atoms with Crippen molar-refractivity contribution in [1.29, 1.82) is 0 Å². The maximum absolute atomic E-state index is 5.58. The molecule has 5 nitrogen and oxygen atoms in total. The molecule has 0 radical (unpaired) electrons. The minimum Gasteiger partial charge on any atom is -0.497 e. The molecule has 5 rings (SSSR count). The molecule has 29 heavy (non-hydrogen) atoms. The number of hydrogen-bond donors (Lipinski definition) is 0. The lowest BCUT2D eigenvalue weighted by Gasteiger charge is -2.44. The lowest BCUT2D eigenvalue weighted by atomic mass is 9.81. The number of ether oxygens (including phenoxy) is 3. The third kappa shape index (κ3) is 3.03. The van der Waals surface area contributed by atoms with Gasteiger partial charge in [-0.1, -0.05) is 6.07 Å². The first kappa shape index (κ1) is 18.6. The largest absolute Gasteiger partial charge is 0.497 e. The molecule has 2 fully saturated rings. The summed E-state index contributed by atoms with van der Waals surface area (Å²) in [6.07, 6.45) is 3.88. The van der Waals surface area contributed by atoms with Gasteiger partial charge in [-0.25, -0.2) is 0 Å². The number of benzene rings is 2. The molecule has 0 saturated carbocycles. The van der Waals surface area contributed by atoms with Crippen molar-refractivity contribution in [2.45, 2.75) is 37.9 Å². The summed E-state index contributed by atoms with van der Waals surface area (Å²) >= 11 is 0. The van der Waals surface area contributed by atoms with Crippen molar-refractivity contribution in [3.05, 3.63) is 47.5 Å². The van der Waals surface area contributed by atoms with Crippen molar-refractivity contribution in [2.24, 2.45) is 5.92 Å². The second-order valence-electron chi connectivity index (χ2n) is 8.38. The Morgan fingerprint density at radius 3 is 2.55 bits per heavy atom. The van der Waals surface area contributed by atoms with Gasteiger partial charge in [0.25, 0.3) is 0 Å². The zero-order valence-corrected chi connectivity index (χ0v) is 17.6. The predicted octanol–water partition coefficient (Wildman–Crippen LogP) is 4.26. The number of anilines is 1. The summed E-state index contributed by atoms with van der Waals surface area (Å²) in [6.45, 7) is 3.23. The topological polar surface area (TPSA) is 34.2 Å². The fourth-order valence-electron chi connectivity index (χ4n) is 5.80. The van der Waals surface area contributed by atoms with Gasteiger partial charge in [0.15, 0.2) is 11.5 Å². The van der Waals surface area contributed by atoms with Crippen LogP contribution in [0.3, 0.4) is 0 Å². The molecule has 0 aliphatic carbocycles. The first-order chi connectivity index (χ1) is 14.2. The van der Waals surface area contributed by atoms with Crippen molar-refractivity contribution in [3.63, 3.8) is 0 Å². The standard InChI is InChI=1S/C24H30N2O3/c1-27-17-7-8-21-19(14-17)24-18(20-5-4-11-26(20)21)10-12-25(24)15-16-6-9-22(28-2)23(13-16)29-3/h6-9,13-14,18,20,24H,4-5,10-12,15H2,1-3H3/t18-,20-,24-/m1/s1. The Kier molecular flexibility index (Phi) is 4.78. The van der Waals surface area contributed by atoms with Crippen LogP contribution in [0, 0.1) is 5.92 Å². The van der Waals surface area contributed by atoms with Gasteiger partial charge in [0.05, 0.1) is 21.3 Å². The van der Waals surface area contributed by atoms with E-state index in [4.69, 9.17) is 14.2 Å². The van der Waals surface area contributed by atoms with E-state index in [1.807, 2.05) is 6.07 Å². The van der Waals surface area contributed by atoms with Gasteiger partial charge < -0.3 is 19.1 Å². The van der Waals surface area contributed by atoms with Gasteiger partial charge >= 0.3 is 0 Å². The average Bonchev–Trinajstić information content (AvgIpc) is 3.40. The van der Waals surface area contributed by atoms with Gasteiger partial charge in [0, 0.05) is 36.8 Å². The molecule has 3 heterocycles. The van der Waals surface area contributed by atoms with Crippen LogP contribution in [0.25, 0.3) is 0 Å². The number of methoxy groups -OCH3 is 3. The Balaban J connectivity index is 1.49. The van der Waals surface area contributed by atoms with Crippen LogP contribution >= 0.6 is 0 Å². The van der Waals surface area contributed by atoms with E-state index in [1.165, 1.54) is 42.6 Å². The van der Waals surface area contributed by atoms with Crippen molar-refractivity contribution < 1.29 is 14.2 Å². The molecule has 2 aromatic rings. The summed E-state index contributed by atoms with van der Waals surface area (Å²) in [5.74, 6) is 3.23. The molecule has 3 aliphatic rings. The van der Waals surface area contributed by atoms with Crippen LogP contribution in [0.4, 0.5) is 5.69 Å². The fraction of sp³-hybridized carbons (Fsp3) is 0.500. The third-order valence-electron chi connectivity index (χ3n) is 7.04. The Labute approximate surface area is 173 Å². The summed E-state index contributed by atoms with van der Waals surface area (Å²) in [5.41, 5.74) is 4.11. The molecule has 0 aromatic heterocycles. The number of nitrogens with zero attached hydrogens (tertiary/aromatic N) is 2. The molecule has 154 valence electrons. The second kappa shape index (κ2) is 7.45. The molecule has 0 bridgehead atoms. The van der Waals surface area contributed by atoms with Crippen LogP contribution in [-0.4, -0.2) is 45.4 Å². The Hall–Kier alpha value is -2.40. The second-order valence-corrected chi connectivity index (χ2v) is 8.38. The normalized spacial score (nSPS) is 25.3. The quantitative estimate of drug-likeness (QED) is 0.757. The lowest BCUT2D eigenvalue weighted by molar-refractivity contribution is 0.198. The predicted molar refractivity (Wildman–Crippen MR) is 114 cm³/mol. The monoisotopic (exact) mass is 394 g/mol. The minimum absolute atomic E-state index is 0.451. The van der Waals surface area contributed by atoms with Crippen molar-refractivity contribution >= 4 is 5.69 Å². The molecule has 3 atom stereocenters. The fourth-order valence-corrected chi connectivity index (χ4v) is 5.80. The van der Waals surface area contributed by atoms with Crippen LogP contribution < -0.4 is 19.1 Å². The van der Waals surface area contributed by atoms with E-state index >= 15 is 0 Å². The van der Waals surface area contributed by atoms with Gasteiger partial charge in [-0.3, -0.25) is 4.90 Å². The number of likely N-dealkylation sites (tertiary alicyclic amines) is 1. The number of fused-ring (bicyclic) bond motifs is 6. The van der Waals surface area contributed by atoms with Gasteiger partial charge in [-0.05, 0) is 67.3 Å². The smallest absolute Gasteiger partial charge is 0.161 e. The maximum Gasteiger partial charge on any atom is 0.161 e.